The number of hydrogen-bond donors (Lipinski definition) is 1. The van der Waals surface area contributed by atoms with Crippen molar-refractivity contribution < 1.29 is 19.1 Å². The molecule has 192 valence electrons. The Balaban J connectivity index is 1.40. The van der Waals surface area contributed by atoms with Crippen molar-refractivity contribution >= 4 is 35.0 Å². The molecule has 5 rings (SSSR count). The number of benzene rings is 2. The summed E-state index contributed by atoms with van der Waals surface area (Å²) in [4.78, 5) is 43.1. The molecule has 12 heteroatoms. The van der Waals surface area contributed by atoms with Gasteiger partial charge in [-0.15, -0.1) is 5.10 Å². The number of carbonyl (C=O) groups excluding carboxylic acids is 3. The van der Waals surface area contributed by atoms with Crippen molar-refractivity contribution in [2.45, 2.75) is 31.3 Å². The van der Waals surface area contributed by atoms with Gasteiger partial charge in [0.05, 0.1) is 11.4 Å². The molecule has 0 aliphatic carbocycles. The van der Waals surface area contributed by atoms with Gasteiger partial charge in [-0.2, -0.15) is 4.68 Å². The van der Waals surface area contributed by atoms with E-state index in [4.69, 9.17) is 16.3 Å². The van der Waals surface area contributed by atoms with Gasteiger partial charge in [0.25, 0.3) is 0 Å². The molecule has 1 aromatic heterocycles. The number of rotatable bonds is 7. The summed E-state index contributed by atoms with van der Waals surface area (Å²) in [6, 6.07) is 13.5. The van der Waals surface area contributed by atoms with E-state index < -0.39 is 6.04 Å². The van der Waals surface area contributed by atoms with Crippen LogP contribution in [0, 0.1) is 0 Å². The average Bonchev–Trinajstić information content (AvgIpc) is 3.44. The van der Waals surface area contributed by atoms with Crippen LogP contribution < -0.4 is 10.2 Å². The number of anilines is 1. The number of halogens is 1. The fourth-order valence-electron chi connectivity index (χ4n) is 4.64. The standard InChI is InChI=1S/C25H26ClN7O4/c26-18-6-7-20(33-16-27-29-30-33)21(13-18)31-14-24(35)32(15-23(31)34)22(12-17-4-2-1-3-5-17)25(36)28-19-8-10-37-11-9-19/h1-7,13,16,19,22H,8-12,14-15H2,(H,28,36). The van der Waals surface area contributed by atoms with Gasteiger partial charge in [0.2, 0.25) is 17.7 Å². The zero-order valence-corrected chi connectivity index (χ0v) is 20.8. The minimum absolute atomic E-state index is 0.0306. The summed E-state index contributed by atoms with van der Waals surface area (Å²) in [6.07, 6.45) is 3.10. The first-order valence-corrected chi connectivity index (χ1v) is 12.4. The van der Waals surface area contributed by atoms with Gasteiger partial charge in [0.15, 0.2) is 0 Å². The minimum atomic E-state index is -0.831. The van der Waals surface area contributed by atoms with Gasteiger partial charge in [-0.1, -0.05) is 41.9 Å². The number of amides is 3. The number of nitrogens with one attached hydrogen (secondary N) is 1. The van der Waals surface area contributed by atoms with E-state index in [1.165, 1.54) is 20.8 Å². The van der Waals surface area contributed by atoms with Crippen LogP contribution in [0.15, 0.2) is 54.9 Å². The van der Waals surface area contributed by atoms with E-state index in [9.17, 15) is 14.4 Å². The van der Waals surface area contributed by atoms with Crippen LogP contribution in [-0.2, 0) is 25.5 Å². The number of hydrogen-bond acceptors (Lipinski definition) is 7. The van der Waals surface area contributed by atoms with E-state index in [2.05, 4.69) is 20.8 Å². The number of tetrazole rings is 1. The maximum Gasteiger partial charge on any atom is 0.247 e. The van der Waals surface area contributed by atoms with E-state index >= 15 is 0 Å². The molecule has 0 saturated carbocycles. The summed E-state index contributed by atoms with van der Waals surface area (Å²) in [5.41, 5.74) is 1.80. The first-order chi connectivity index (χ1) is 18.0. The lowest BCUT2D eigenvalue weighted by molar-refractivity contribution is -0.145. The SMILES string of the molecule is O=C(NC1CCOCC1)C(Cc1ccccc1)N1CC(=O)N(c2cc(Cl)ccc2-n2cnnn2)CC1=O. The van der Waals surface area contributed by atoms with Gasteiger partial charge in [-0.25, -0.2) is 0 Å². The lowest BCUT2D eigenvalue weighted by atomic mass is 10.0. The van der Waals surface area contributed by atoms with Gasteiger partial charge in [-0.3, -0.25) is 19.3 Å². The molecular weight excluding hydrogens is 498 g/mol. The second kappa shape index (κ2) is 11.1. The second-order valence-electron chi connectivity index (χ2n) is 8.99. The third-order valence-corrected chi connectivity index (χ3v) is 6.80. The monoisotopic (exact) mass is 523 g/mol. The van der Waals surface area contributed by atoms with Gasteiger partial charge in [-0.05, 0) is 47.0 Å². The van der Waals surface area contributed by atoms with Crippen molar-refractivity contribution in [3.63, 3.8) is 0 Å². The number of ether oxygens (including phenoxy) is 1. The molecule has 37 heavy (non-hydrogen) atoms. The first kappa shape index (κ1) is 24.8. The molecule has 11 nitrogen and oxygen atoms in total. The number of piperazine rings is 1. The molecule has 1 unspecified atom stereocenters. The van der Waals surface area contributed by atoms with Crippen molar-refractivity contribution in [3.05, 3.63) is 65.4 Å². The zero-order chi connectivity index (χ0) is 25.8. The Morgan fingerprint density at radius 3 is 2.57 bits per heavy atom. The average molecular weight is 524 g/mol. The lowest BCUT2D eigenvalue weighted by Gasteiger charge is -2.39. The van der Waals surface area contributed by atoms with Gasteiger partial charge < -0.3 is 15.0 Å². The molecular formula is C25H26ClN7O4. The second-order valence-corrected chi connectivity index (χ2v) is 9.43. The fourth-order valence-corrected chi connectivity index (χ4v) is 4.80. The molecule has 2 aliphatic heterocycles. The molecule has 1 N–H and O–H groups in total. The summed E-state index contributed by atoms with van der Waals surface area (Å²) in [7, 11) is 0. The summed E-state index contributed by atoms with van der Waals surface area (Å²) >= 11 is 6.23. The van der Waals surface area contributed by atoms with Crippen molar-refractivity contribution in [1.29, 1.82) is 0 Å². The topological polar surface area (TPSA) is 123 Å². The van der Waals surface area contributed by atoms with E-state index in [0.29, 0.717) is 48.9 Å². The maximum atomic E-state index is 13.5. The predicted molar refractivity (Wildman–Crippen MR) is 134 cm³/mol. The normalized spacial score (nSPS) is 17.6. The van der Waals surface area contributed by atoms with Crippen LogP contribution in [-0.4, -0.2) is 81.2 Å². The highest BCUT2D eigenvalue weighted by atomic mass is 35.5. The van der Waals surface area contributed by atoms with Crippen LogP contribution in [0.25, 0.3) is 5.69 Å². The lowest BCUT2D eigenvalue weighted by Crippen LogP contribution is -2.61. The summed E-state index contributed by atoms with van der Waals surface area (Å²) in [6.45, 7) is 0.657. The zero-order valence-electron chi connectivity index (χ0n) is 20.0. The Hall–Kier alpha value is -3.83. The molecule has 0 bridgehead atoms. The molecule has 2 aliphatic rings. The van der Waals surface area contributed by atoms with Crippen molar-refractivity contribution in [2.75, 3.05) is 31.2 Å². The number of aromatic nitrogens is 4. The Bertz CT molecular complexity index is 1270. The first-order valence-electron chi connectivity index (χ1n) is 12.0. The van der Waals surface area contributed by atoms with Crippen molar-refractivity contribution in [2.24, 2.45) is 0 Å². The van der Waals surface area contributed by atoms with Crippen molar-refractivity contribution in [1.82, 2.24) is 30.4 Å². The highest BCUT2D eigenvalue weighted by Crippen LogP contribution is 2.29. The Kier molecular flexibility index (Phi) is 7.42. The smallest absolute Gasteiger partial charge is 0.247 e. The molecule has 3 heterocycles. The summed E-state index contributed by atoms with van der Waals surface area (Å²) < 4.78 is 6.79. The largest absolute Gasteiger partial charge is 0.381 e. The van der Waals surface area contributed by atoms with Crippen LogP contribution in [0.2, 0.25) is 5.02 Å². The van der Waals surface area contributed by atoms with E-state index in [0.717, 1.165) is 5.56 Å². The van der Waals surface area contributed by atoms with Gasteiger partial charge in [0, 0.05) is 30.7 Å². The Morgan fingerprint density at radius 2 is 1.84 bits per heavy atom. The van der Waals surface area contributed by atoms with Gasteiger partial charge in [0.1, 0.15) is 25.5 Å². The third-order valence-electron chi connectivity index (χ3n) is 6.56. The Labute approximate surface area is 218 Å². The maximum absolute atomic E-state index is 13.5. The number of nitrogens with zero attached hydrogens (tertiary/aromatic N) is 6. The van der Waals surface area contributed by atoms with Crippen LogP contribution in [0.3, 0.4) is 0 Å². The Morgan fingerprint density at radius 1 is 1.05 bits per heavy atom. The van der Waals surface area contributed by atoms with Crippen LogP contribution in [0.4, 0.5) is 5.69 Å². The quantitative estimate of drug-likeness (QED) is 0.496. The predicted octanol–water partition coefficient (Wildman–Crippen LogP) is 1.40. The highest BCUT2D eigenvalue weighted by molar-refractivity contribution is 6.31. The van der Waals surface area contributed by atoms with Crippen LogP contribution in [0.5, 0.6) is 0 Å². The van der Waals surface area contributed by atoms with E-state index in [1.54, 1.807) is 18.2 Å². The molecule has 0 spiro atoms. The van der Waals surface area contributed by atoms with E-state index in [-0.39, 0.29) is 36.9 Å². The molecule has 2 fully saturated rings. The minimum Gasteiger partial charge on any atom is -0.381 e. The molecule has 2 aromatic carbocycles. The molecule has 1 atom stereocenters. The molecule has 3 amide bonds. The molecule has 2 saturated heterocycles. The highest BCUT2D eigenvalue weighted by Gasteiger charge is 2.39. The molecule has 0 radical (unpaired) electrons. The van der Waals surface area contributed by atoms with Crippen molar-refractivity contribution in [3.8, 4) is 5.69 Å². The van der Waals surface area contributed by atoms with Gasteiger partial charge >= 0.3 is 0 Å². The summed E-state index contributed by atoms with van der Waals surface area (Å²) in [5, 5.41) is 14.7. The van der Waals surface area contributed by atoms with E-state index in [1.807, 2.05) is 30.3 Å². The summed E-state index contributed by atoms with van der Waals surface area (Å²) in [5.74, 6) is -0.957. The van der Waals surface area contributed by atoms with Crippen LogP contribution in [0.1, 0.15) is 18.4 Å². The third kappa shape index (κ3) is 5.62. The van der Waals surface area contributed by atoms with Crippen LogP contribution >= 0.6 is 11.6 Å². The molecule has 3 aromatic rings. The number of carbonyl (C=O) groups is 3. The fraction of sp³-hybridized carbons (Fsp3) is 0.360.